The quantitative estimate of drug-likeness (QED) is 0.737. The van der Waals surface area contributed by atoms with Gasteiger partial charge in [0.1, 0.15) is 11.8 Å². The molecule has 4 rings (SSSR count). The number of nitrogens with one attached hydrogen (secondary N) is 1. The monoisotopic (exact) mass is 351 g/mol. The van der Waals surface area contributed by atoms with Crippen LogP contribution in [0.3, 0.4) is 0 Å². The van der Waals surface area contributed by atoms with Gasteiger partial charge in [-0.1, -0.05) is 0 Å². The molecule has 134 valence electrons. The van der Waals surface area contributed by atoms with Gasteiger partial charge in [0.05, 0.1) is 30.4 Å². The van der Waals surface area contributed by atoms with Gasteiger partial charge in [0.2, 0.25) is 5.88 Å². The van der Waals surface area contributed by atoms with E-state index in [0.717, 1.165) is 23.3 Å². The van der Waals surface area contributed by atoms with Gasteiger partial charge in [-0.2, -0.15) is 0 Å². The summed E-state index contributed by atoms with van der Waals surface area (Å²) < 4.78 is 7.28. The first-order chi connectivity index (χ1) is 12.7. The highest BCUT2D eigenvalue weighted by Crippen LogP contribution is 2.28. The average Bonchev–Trinajstić information content (AvgIpc) is 3.42. The van der Waals surface area contributed by atoms with Crippen molar-refractivity contribution in [3.63, 3.8) is 0 Å². The fourth-order valence-electron chi connectivity index (χ4n) is 3.07. The maximum Gasteiger partial charge on any atom is 0.255 e. The van der Waals surface area contributed by atoms with E-state index in [-0.39, 0.29) is 5.91 Å². The molecule has 7 heteroatoms. The van der Waals surface area contributed by atoms with Crippen LogP contribution in [0.25, 0.3) is 11.0 Å². The van der Waals surface area contributed by atoms with Crippen LogP contribution in [-0.4, -0.2) is 39.1 Å². The lowest BCUT2D eigenvalue weighted by molar-refractivity contribution is 0.0953. The summed E-state index contributed by atoms with van der Waals surface area (Å²) in [4.78, 5) is 25.5. The SMILES string of the molecule is COc1ncnc(Cn2cc(C(=O)NCC3CC3)c3ncccc32)c1C. The minimum absolute atomic E-state index is 0.0728. The third-order valence-electron chi connectivity index (χ3n) is 4.78. The Balaban J connectivity index is 1.68. The maximum absolute atomic E-state index is 12.6. The topological polar surface area (TPSA) is 81.9 Å². The maximum atomic E-state index is 12.6. The van der Waals surface area contributed by atoms with Crippen LogP contribution in [0.4, 0.5) is 0 Å². The second kappa shape index (κ2) is 6.74. The number of pyridine rings is 1. The van der Waals surface area contributed by atoms with Gasteiger partial charge >= 0.3 is 0 Å². The fourth-order valence-corrected chi connectivity index (χ4v) is 3.07. The highest BCUT2D eigenvalue weighted by atomic mass is 16.5. The number of carbonyl (C=O) groups excluding carboxylic acids is 1. The second-order valence-corrected chi connectivity index (χ2v) is 6.65. The summed E-state index contributed by atoms with van der Waals surface area (Å²) in [5, 5.41) is 3.02. The van der Waals surface area contributed by atoms with E-state index in [4.69, 9.17) is 4.74 Å². The van der Waals surface area contributed by atoms with Gasteiger partial charge in [0.15, 0.2) is 0 Å². The van der Waals surface area contributed by atoms with Crippen LogP contribution in [0.5, 0.6) is 5.88 Å². The van der Waals surface area contributed by atoms with Crippen LogP contribution in [0.1, 0.15) is 34.5 Å². The minimum Gasteiger partial charge on any atom is -0.481 e. The van der Waals surface area contributed by atoms with Crippen molar-refractivity contribution in [3.05, 3.63) is 47.7 Å². The molecule has 0 radical (unpaired) electrons. The van der Waals surface area contributed by atoms with E-state index >= 15 is 0 Å². The van der Waals surface area contributed by atoms with E-state index in [1.165, 1.54) is 19.2 Å². The molecule has 3 aromatic rings. The standard InChI is InChI=1S/C19H21N5O2/c1-12-15(22-11-23-19(12)26-2)10-24-9-14(17-16(24)4-3-7-20-17)18(25)21-8-13-5-6-13/h3-4,7,9,11,13H,5-6,8,10H2,1-2H3,(H,21,25). The Labute approximate surface area is 151 Å². The van der Waals surface area contributed by atoms with E-state index in [0.29, 0.717) is 29.4 Å². The molecule has 0 unspecified atom stereocenters. The molecular formula is C19H21N5O2. The lowest BCUT2D eigenvalue weighted by Crippen LogP contribution is -2.25. The van der Waals surface area contributed by atoms with Crippen molar-refractivity contribution in [1.82, 2.24) is 24.8 Å². The van der Waals surface area contributed by atoms with E-state index < -0.39 is 0 Å². The third-order valence-corrected chi connectivity index (χ3v) is 4.78. The zero-order valence-corrected chi connectivity index (χ0v) is 14.9. The fraction of sp³-hybridized carbons (Fsp3) is 0.368. The molecule has 26 heavy (non-hydrogen) atoms. The Morgan fingerprint density at radius 3 is 2.96 bits per heavy atom. The highest BCUT2D eigenvalue weighted by Gasteiger charge is 2.23. The number of methoxy groups -OCH3 is 1. The molecule has 1 aliphatic carbocycles. The van der Waals surface area contributed by atoms with Crippen LogP contribution in [-0.2, 0) is 6.54 Å². The van der Waals surface area contributed by atoms with Crippen molar-refractivity contribution < 1.29 is 9.53 Å². The first-order valence-corrected chi connectivity index (χ1v) is 8.74. The molecule has 0 aliphatic heterocycles. The molecule has 0 saturated heterocycles. The van der Waals surface area contributed by atoms with Gasteiger partial charge in [-0.05, 0) is 37.8 Å². The van der Waals surface area contributed by atoms with Gasteiger partial charge in [-0.25, -0.2) is 9.97 Å². The molecule has 3 heterocycles. The molecule has 0 aromatic carbocycles. The summed E-state index contributed by atoms with van der Waals surface area (Å²) in [6.45, 7) is 3.19. The van der Waals surface area contributed by atoms with Crippen molar-refractivity contribution in [2.45, 2.75) is 26.3 Å². The van der Waals surface area contributed by atoms with E-state index in [1.807, 2.05) is 29.8 Å². The number of amides is 1. The van der Waals surface area contributed by atoms with Crippen LogP contribution >= 0.6 is 0 Å². The van der Waals surface area contributed by atoms with Gasteiger partial charge < -0.3 is 14.6 Å². The van der Waals surface area contributed by atoms with Crippen LogP contribution in [0.15, 0.2) is 30.9 Å². The van der Waals surface area contributed by atoms with Crippen molar-refractivity contribution in [2.75, 3.05) is 13.7 Å². The van der Waals surface area contributed by atoms with Crippen LogP contribution in [0, 0.1) is 12.8 Å². The first-order valence-electron chi connectivity index (χ1n) is 8.74. The molecule has 0 spiro atoms. The number of fused-ring (bicyclic) bond motifs is 1. The minimum atomic E-state index is -0.0728. The molecule has 1 N–H and O–H groups in total. The Bertz CT molecular complexity index is 962. The van der Waals surface area contributed by atoms with Crippen LogP contribution < -0.4 is 10.1 Å². The number of hydrogen-bond donors (Lipinski definition) is 1. The van der Waals surface area contributed by atoms with Gasteiger partial charge in [0, 0.05) is 24.5 Å². The summed E-state index contributed by atoms with van der Waals surface area (Å²) in [6, 6.07) is 3.84. The number of aromatic nitrogens is 4. The predicted octanol–water partition coefficient (Wildman–Crippen LogP) is 2.33. The molecule has 0 bridgehead atoms. The first kappa shape index (κ1) is 16.5. The van der Waals surface area contributed by atoms with E-state index in [2.05, 4.69) is 20.3 Å². The van der Waals surface area contributed by atoms with Crippen molar-refractivity contribution in [3.8, 4) is 5.88 Å². The second-order valence-electron chi connectivity index (χ2n) is 6.65. The van der Waals surface area contributed by atoms with Gasteiger partial charge in [-0.15, -0.1) is 0 Å². The third kappa shape index (κ3) is 3.12. The molecule has 1 amide bonds. The van der Waals surface area contributed by atoms with E-state index in [9.17, 15) is 4.79 Å². The van der Waals surface area contributed by atoms with Crippen molar-refractivity contribution in [1.29, 1.82) is 0 Å². The Kier molecular flexibility index (Phi) is 4.28. The molecular weight excluding hydrogens is 330 g/mol. The Morgan fingerprint density at radius 2 is 2.19 bits per heavy atom. The Morgan fingerprint density at radius 1 is 1.35 bits per heavy atom. The lowest BCUT2D eigenvalue weighted by Gasteiger charge is -2.09. The molecule has 0 atom stereocenters. The summed E-state index contributed by atoms with van der Waals surface area (Å²) >= 11 is 0. The smallest absolute Gasteiger partial charge is 0.255 e. The predicted molar refractivity (Wildman–Crippen MR) is 97.2 cm³/mol. The summed E-state index contributed by atoms with van der Waals surface area (Å²) in [6.07, 6.45) is 7.47. The molecule has 1 aliphatic rings. The zero-order valence-electron chi connectivity index (χ0n) is 14.9. The van der Waals surface area contributed by atoms with Crippen molar-refractivity contribution >= 4 is 16.9 Å². The number of hydrogen-bond acceptors (Lipinski definition) is 5. The normalized spacial score (nSPS) is 13.8. The van der Waals surface area contributed by atoms with Gasteiger partial charge in [-0.3, -0.25) is 9.78 Å². The molecule has 1 fully saturated rings. The average molecular weight is 351 g/mol. The van der Waals surface area contributed by atoms with Crippen LogP contribution in [0.2, 0.25) is 0 Å². The number of rotatable bonds is 6. The number of carbonyl (C=O) groups is 1. The van der Waals surface area contributed by atoms with Crippen molar-refractivity contribution in [2.24, 2.45) is 5.92 Å². The largest absolute Gasteiger partial charge is 0.481 e. The van der Waals surface area contributed by atoms with Gasteiger partial charge in [0.25, 0.3) is 5.91 Å². The highest BCUT2D eigenvalue weighted by molar-refractivity contribution is 6.05. The Hall–Kier alpha value is -2.96. The summed E-state index contributed by atoms with van der Waals surface area (Å²) in [5.74, 6) is 1.12. The summed E-state index contributed by atoms with van der Waals surface area (Å²) in [5.41, 5.74) is 3.95. The molecule has 3 aromatic heterocycles. The lowest BCUT2D eigenvalue weighted by atomic mass is 10.2. The summed E-state index contributed by atoms with van der Waals surface area (Å²) in [7, 11) is 1.59. The molecule has 1 saturated carbocycles. The molecule has 7 nitrogen and oxygen atoms in total. The number of nitrogens with zero attached hydrogens (tertiary/aromatic N) is 4. The zero-order chi connectivity index (χ0) is 18.1. The number of ether oxygens (including phenoxy) is 1. The van der Waals surface area contributed by atoms with E-state index in [1.54, 1.807) is 13.3 Å².